The molecule has 0 aliphatic rings. The number of nitrogens with zero attached hydrogens (tertiary/aromatic N) is 1. The highest BCUT2D eigenvalue weighted by Crippen LogP contribution is 2.43. The number of hydrogen-bond donors (Lipinski definition) is 3. The third-order valence-electron chi connectivity index (χ3n) is 16.8. The lowest BCUT2D eigenvalue weighted by Crippen LogP contribution is -2.45. The molecule has 508 valence electrons. The number of unbranched alkanes of at least 4 members (excludes halogenated alkanes) is 44. The number of aliphatic hydroxyl groups excluding tert-OH is 1. The zero-order valence-corrected chi connectivity index (χ0v) is 59.2. The molecule has 8 nitrogen and oxygen atoms in total. The average molecular weight is 1240 g/mol. The highest BCUT2D eigenvalue weighted by atomic mass is 31.2. The lowest BCUT2D eigenvalue weighted by molar-refractivity contribution is -0.870. The van der Waals surface area contributed by atoms with Crippen molar-refractivity contribution >= 4 is 13.7 Å². The van der Waals surface area contributed by atoms with E-state index in [1.807, 2.05) is 27.2 Å². The SMILES string of the molecule is CC/C=C\C/C=C\C/C=C\C/C=C\C/C=C\CCCCCCCCCCCCCCCCCCCCCCCCCCCC(=O)NC(COP(=O)(O)OCC[N+](C)(C)C)C(O)/C=C/CC/C=C/CCCCCCCCCCCCCCCCCCCC. The normalized spacial score (nSPS) is 14.1. The maximum absolute atomic E-state index is 13.1. The molecule has 9 heteroatoms. The molecular weight excluding hydrogens is 1090 g/mol. The molecule has 3 N–H and O–H groups in total. The fourth-order valence-corrected chi connectivity index (χ4v) is 11.8. The van der Waals surface area contributed by atoms with E-state index >= 15 is 0 Å². The lowest BCUT2D eigenvalue weighted by Gasteiger charge is -2.25. The molecule has 0 rings (SSSR count). The van der Waals surface area contributed by atoms with E-state index in [0.717, 1.165) is 70.6 Å². The predicted octanol–water partition coefficient (Wildman–Crippen LogP) is 24.3. The van der Waals surface area contributed by atoms with Gasteiger partial charge in [-0.25, -0.2) is 4.57 Å². The molecule has 0 fully saturated rings. The molecule has 0 aromatic carbocycles. The van der Waals surface area contributed by atoms with Crippen LogP contribution in [0.4, 0.5) is 0 Å². The minimum absolute atomic E-state index is 0.0563. The van der Waals surface area contributed by atoms with Gasteiger partial charge in [-0.05, 0) is 77.0 Å². The molecule has 0 aromatic rings. The van der Waals surface area contributed by atoms with E-state index in [0.29, 0.717) is 17.4 Å². The van der Waals surface area contributed by atoms with E-state index in [-0.39, 0.29) is 19.1 Å². The summed E-state index contributed by atoms with van der Waals surface area (Å²) in [6.45, 7) is 4.72. The van der Waals surface area contributed by atoms with Gasteiger partial charge in [-0.2, -0.15) is 0 Å². The number of hydrogen-bond acceptors (Lipinski definition) is 5. The van der Waals surface area contributed by atoms with Crippen molar-refractivity contribution < 1.29 is 32.9 Å². The summed E-state index contributed by atoms with van der Waals surface area (Å²) in [5.74, 6) is -0.181. The maximum atomic E-state index is 13.1. The van der Waals surface area contributed by atoms with Gasteiger partial charge >= 0.3 is 7.82 Å². The van der Waals surface area contributed by atoms with Crippen LogP contribution >= 0.6 is 7.82 Å². The Hall–Kier alpha value is -2.32. The van der Waals surface area contributed by atoms with E-state index in [1.165, 1.54) is 263 Å². The molecule has 3 atom stereocenters. The lowest BCUT2D eigenvalue weighted by atomic mass is 10.0. The van der Waals surface area contributed by atoms with Crippen LogP contribution in [0, 0.1) is 0 Å². The number of carbonyl (C=O) groups is 1. The smallest absolute Gasteiger partial charge is 0.387 e. The summed E-state index contributed by atoms with van der Waals surface area (Å²) >= 11 is 0. The van der Waals surface area contributed by atoms with E-state index in [4.69, 9.17) is 9.05 Å². The molecule has 0 spiro atoms. The molecule has 0 aliphatic carbocycles. The molecule has 0 aromatic heterocycles. The molecule has 87 heavy (non-hydrogen) atoms. The number of aliphatic hydroxyl groups is 1. The van der Waals surface area contributed by atoms with Gasteiger partial charge in [-0.3, -0.25) is 13.8 Å². The van der Waals surface area contributed by atoms with Crippen molar-refractivity contribution in [3.05, 3.63) is 85.1 Å². The number of allylic oxidation sites excluding steroid dienone is 13. The largest absolute Gasteiger partial charge is 0.472 e. The first-order valence-corrected chi connectivity index (χ1v) is 39.0. The van der Waals surface area contributed by atoms with Crippen molar-refractivity contribution in [3.8, 4) is 0 Å². The van der Waals surface area contributed by atoms with Gasteiger partial charge in [0.25, 0.3) is 0 Å². The van der Waals surface area contributed by atoms with Crippen molar-refractivity contribution in [2.75, 3.05) is 40.9 Å². The quantitative estimate of drug-likeness (QED) is 0.0243. The third-order valence-corrected chi connectivity index (χ3v) is 17.8. The number of quaternary nitrogens is 1. The Morgan fingerprint density at radius 3 is 1.06 bits per heavy atom. The third kappa shape index (κ3) is 71.0. The molecule has 0 aliphatic heterocycles. The van der Waals surface area contributed by atoms with E-state index < -0.39 is 20.0 Å². The van der Waals surface area contributed by atoms with Crippen molar-refractivity contribution in [2.45, 2.75) is 366 Å². The molecule has 3 unspecified atom stereocenters. The zero-order chi connectivity index (χ0) is 63.4. The summed E-state index contributed by atoms with van der Waals surface area (Å²) in [7, 11) is 1.57. The van der Waals surface area contributed by atoms with Gasteiger partial charge in [-0.1, -0.05) is 356 Å². The van der Waals surface area contributed by atoms with Crippen molar-refractivity contribution in [1.29, 1.82) is 0 Å². The summed E-state index contributed by atoms with van der Waals surface area (Å²) in [5.41, 5.74) is 0. The second-order valence-corrected chi connectivity index (χ2v) is 28.1. The van der Waals surface area contributed by atoms with E-state index in [2.05, 4.69) is 92.1 Å². The van der Waals surface area contributed by atoms with Crippen molar-refractivity contribution in [2.24, 2.45) is 0 Å². The van der Waals surface area contributed by atoms with Crippen LogP contribution in [0.2, 0.25) is 0 Å². The highest BCUT2D eigenvalue weighted by molar-refractivity contribution is 7.47. The number of carbonyl (C=O) groups excluding carboxylic acids is 1. The van der Waals surface area contributed by atoms with Gasteiger partial charge in [0.15, 0.2) is 0 Å². The van der Waals surface area contributed by atoms with Crippen LogP contribution in [0.5, 0.6) is 0 Å². The van der Waals surface area contributed by atoms with Gasteiger partial charge in [0.1, 0.15) is 13.2 Å². The van der Waals surface area contributed by atoms with Gasteiger partial charge in [-0.15, -0.1) is 0 Å². The number of amides is 1. The Morgan fingerprint density at radius 2 is 0.701 bits per heavy atom. The van der Waals surface area contributed by atoms with Crippen molar-refractivity contribution in [1.82, 2.24) is 5.32 Å². The number of phosphoric acid groups is 1. The van der Waals surface area contributed by atoms with Crippen LogP contribution < -0.4 is 5.32 Å². The Morgan fingerprint density at radius 1 is 0.402 bits per heavy atom. The molecule has 1 amide bonds. The van der Waals surface area contributed by atoms with Gasteiger partial charge < -0.3 is 19.8 Å². The Kier molecular flexibility index (Phi) is 66.2. The summed E-state index contributed by atoms with van der Waals surface area (Å²) < 4.78 is 23.8. The average Bonchev–Trinajstić information content (AvgIpc) is 3.71. The second kappa shape index (κ2) is 68.1. The first-order valence-electron chi connectivity index (χ1n) is 37.5. The molecule has 0 saturated carbocycles. The zero-order valence-electron chi connectivity index (χ0n) is 58.3. The van der Waals surface area contributed by atoms with Gasteiger partial charge in [0, 0.05) is 6.42 Å². The monoisotopic (exact) mass is 1240 g/mol. The molecule has 0 bridgehead atoms. The number of phosphoric ester groups is 1. The molecule has 0 radical (unpaired) electrons. The van der Waals surface area contributed by atoms with Crippen LogP contribution in [-0.2, 0) is 18.4 Å². The summed E-state index contributed by atoms with van der Waals surface area (Å²) in [5, 5.41) is 14.0. The number of rotatable bonds is 69. The Balaban J connectivity index is 3.96. The van der Waals surface area contributed by atoms with E-state index in [1.54, 1.807) is 6.08 Å². The minimum Gasteiger partial charge on any atom is -0.387 e. The van der Waals surface area contributed by atoms with Crippen LogP contribution in [0.3, 0.4) is 0 Å². The van der Waals surface area contributed by atoms with Crippen LogP contribution in [0.1, 0.15) is 354 Å². The number of likely N-dealkylation sites (N-methyl/N-ethyl adjacent to an activating group) is 1. The maximum Gasteiger partial charge on any atom is 0.472 e. The Bertz CT molecular complexity index is 1700. The minimum atomic E-state index is -4.36. The van der Waals surface area contributed by atoms with Gasteiger partial charge in [0.2, 0.25) is 5.91 Å². The highest BCUT2D eigenvalue weighted by Gasteiger charge is 2.28. The summed E-state index contributed by atoms with van der Waals surface area (Å²) in [6.07, 6.45) is 97.6. The van der Waals surface area contributed by atoms with Crippen molar-refractivity contribution in [3.63, 3.8) is 0 Å². The molecular formula is C78H146N2O6P+. The first-order chi connectivity index (χ1) is 42.5. The molecule has 0 heterocycles. The topological polar surface area (TPSA) is 105 Å². The van der Waals surface area contributed by atoms with Crippen LogP contribution in [-0.4, -0.2) is 73.4 Å². The molecule has 0 saturated heterocycles. The second-order valence-electron chi connectivity index (χ2n) is 26.6. The fourth-order valence-electron chi connectivity index (χ4n) is 11.1. The van der Waals surface area contributed by atoms with E-state index in [9.17, 15) is 19.4 Å². The number of nitrogens with one attached hydrogen (secondary N) is 1. The predicted molar refractivity (Wildman–Crippen MR) is 383 cm³/mol. The fraction of sp³-hybridized carbons (Fsp3) is 0.808. The summed E-state index contributed by atoms with van der Waals surface area (Å²) in [6, 6.07) is -0.866. The standard InChI is InChI=1S/C78H145N2O6P/c1-6-8-10-12-14-16-18-20-22-24-26-28-30-32-33-34-35-36-37-38-39-40-41-42-43-44-45-46-47-48-50-52-54-56-58-60-62-64-66-68-70-72-78(82)79-76(75-86-87(83,84)85-74-73-80(3,4)5)77(81)71-69-67-65-63-61-59-57-55-53-51-49-31-29-27-25-23-21-19-17-15-13-11-9-7-2/h8,10,14,16,20,22,26,28,32-33,61,63,69,71,76-77,81H,6-7,9,11-13,15,17-19,21,23-25,27,29-31,34-60,62,64-68,70,72-75H2,1-5H3,(H-,79,82,83,84)/p+1/b10-8-,16-14-,22-20-,28-26-,33-32-,63-61+,71-69+. The van der Waals surface area contributed by atoms with Gasteiger partial charge in [0.05, 0.1) is 39.9 Å². The van der Waals surface area contributed by atoms with Crippen LogP contribution in [0.15, 0.2) is 85.1 Å². The first kappa shape index (κ1) is 84.7. The van der Waals surface area contributed by atoms with Crippen LogP contribution in [0.25, 0.3) is 0 Å². The summed E-state index contributed by atoms with van der Waals surface area (Å²) in [4.78, 5) is 23.4. The Labute approximate surface area is 541 Å².